The largest absolute Gasteiger partial charge is 0.496 e. The molecule has 0 spiro atoms. The molecule has 2 nitrogen and oxygen atoms in total. The van der Waals surface area contributed by atoms with E-state index in [0.29, 0.717) is 6.42 Å². The molecule has 0 amide bonds. The minimum atomic E-state index is -0.581. The normalized spacial score (nSPS) is 12.2. The molecule has 0 aliphatic carbocycles. The molecule has 3 heteroatoms. The summed E-state index contributed by atoms with van der Waals surface area (Å²) < 4.78 is 6.49. The maximum absolute atomic E-state index is 10.5. The summed E-state index contributed by atoms with van der Waals surface area (Å²) in [5, 5.41) is 10.5. The van der Waals surface area contributed by atoms with Crippen molar-refractivity contribution in [3.05, 3.63) is 63.1 Å². The summed E-state index contributed by atoms with van der Waals surface area (Å²) >= 11 is 3.52. The van der Waals surface area contributed by atoms with Crippen LogP contribution in [0, 0.1) is 13.8 Å². The molecule has 0 aromatic heterocycles. The number of aliphatic hydroxyl groups is 1. The van der Waals surface area contributed by atoms with Crippen LogP contribution in [0.15, 0.2) is 40.9 Å². The Morgan fingerprint density at radius 1 is 1.15 bits per heavy atom. The zero-order chi connectivity index (χ0) is 14.7. The Bertz CT molecular complexity index is 608. The molecule has 1 atom stereocenters. The molecule has 1 N–H and O–H groups in total. The Balaban J connectivity index is 2.32. The molecule has 0 saturated carbocycles. The van der Waals surface area contributed by atoms with Crippen LogP contribution >= 0.6 is 15.9 Å². The lowest BCUT2D eigenvalue weighted by Gasteiger charge is -2.18. The van der Waals surface area contributed by atoms with E-state index in [1.165, 1.54) is 5.56 Å². The quantitative estimate of drug-likeness (QED) is 0.900. The maximum Gasteiger partial charge on any atom is 0.127 e. The Morgan fingerprint density at radius 2 is 1.85 bits per heavy atom. The first-order valence-electron chi connectivity index (χ1n) is 6.60. The summed E-state index contributed by atoms with van der Waals surface area (Å²) in [5.74, 6) is 0.782. The minimum absolute atomic E-state index is 0.556. The van der Waals surface area contributed by atoms with Gasteiger partial charge in [0.1, 0.15) is 5.75 Å². The standard InChI is InChI=1S/C17H19BrO2/c1-11-8-9-14(17(20-3)12(11)2)16(19)10-13-6-4-5-7-15(13)18/h4-9,16,19H,10H2,1-3H3. The zero-order valence-corrected chi connectivity index (χ0v) is 13.6. The van der Waals surface area contributed by atoms with Crippen LogP contribution < -0.4 is 4.74 Å². The van der Waals surface area contributed by atoms with Gasteiger partial charge in [-0.15, -0.1) is 0 Å². The molecule has 106 valence electrons. The molecule has 2 aromatic carbocycles. The van der Waals surface area contributed by atoms with Crippen molar-refractivity contribution >= 4 is 15.9 Å². The van der Waals surface area contributed by atoms with E-state index in [9.17, 15) is 5.11 Å². The molecular formula is C17H19BrO2. The minimum Gasteiger partial charge on any atom is -0.496 e. The Hall–Kier alpha value is -1.32. The van der Waals surface area contributed by atoms with Crippen LogP contribution in [0.25, 0.3) is 0 Å². The molecule has 2 aromatic rings. The SMILES string of the molecule is COc1c(C(O)Cc2ccccc2Br)ccc(C)c1C. The summed E-state index contributed by atoms with van der Waals surface area (Å²) in [6.45, 7) is 4.06. The fraction of sp³-hybridized carbons (Fsp3) is 0.294. The van der Waals surface area contributed by atoms with Gasteiger partial charge in [0, 0.05) is 16.5 Å². The second-order valence-corrected chi connectivity index (χ2v) is 5.80. The highest BCUT2D eigenvalue weighted by atomic mass is 79.9. The van der Waals surface area contributed by atoms with Gasteiger partial charge in [0.2, 0.25) is 0 Å². The number of hydrogen-bond acceptors (Lipinski definition) is 2. The molecule has 1 unspecified atom stereocenters. The van der Waals surface area contributed by atoms with Crippen LogP contribution in [-0.4, -0.2) is 12.2 Å². The summed E-state index contributed by atoms with van der Waals surface area (Å²) in [6.07, 6.45) is -0.0248. The third-order valence-electron chi connectivity index (χ3n) is 3.64. The van der Waals surface area contributed by atoms with Crippen LogP contribution in [0.4, 0.5) is 0 Å². The van der Waals surface area contributed by atoms with Crippen molar-refractivity contribution in [2.45, 2.75) is 26.4 Å². The van der Waals surface area contributed by atoms with Crippen LogP contribution in [0.2, 0.25) is 0 Å². The van der Waals surface area contributed by atoms with Gasteiger partial charge in [0.15, 0.2) is 0 Å². The molecule has 0 aliphatic heterocycles. The fourth-order valence-electron chi connectivity index (χ4n) is 2.33. The third-order valence-corrected chi connectivity index (χ3v) is 4.42. The van der Waals surface area contributed by atoms with E-state index < -0.39 is 6.10 Å². The monoisotopic (exact) mass is 334 g/mol. The molecule has 0 heterocycles. The smallest absolute Gasteiger partial charge is 0.127 e. The number of aliphatic hydroxyl groups excluding tert-OH is 1. The van der Waals surface area contributed by atoms with E-state index in [1.807, 2.05) is 50.2 Å². The highest BCUT2D eigenvalue weighted by Gasteiger charge is 2.17. The second-order valence-electron chi connectivity index (χ2n) is 4.94. The van der Waals surface area contributed by atoms with Gasteiger partial charge in [0.05, 0.1) is 13.2 Å². The highest BCUT2D eigenvalue weighted by molar-refractivity contribution is 9.10. The van der Waals surface area contributed by atoms with Gasteiger partial charge >= 0.3 is 0 Å². The van der Waals surface area contributed by atoms with Gasteiger partial charge in [-0.25, -0.2) is 0 Å². The predicted octanol–water partition coefficient (Wildman–Crippen LogP) is 4.35. The summed E-state index contributed by atoms with van der Waals surface area (Å²) in [4.78, 5) is 0. The molecule has 0 radical (unpaired) electrons. The number of rotatable bonds is 4. The number of aryl methyl sites for hydroxylation is 1. The number of benzene rings is 2. The average Bonchev–Trinajstić information content (AvgIpc) is 2.44. The van der Waals surface area contributed by atoms with Crippen molar-refractivity contribution in [1.82, 2.24) is 0 Å². The maximum atomic E-state index is 10.5. The number of hydrogen-bond donors (Lipinski definition) is 1. The lowest BCUT2D eigenvalue weighted by Crippen LogP contribution is -2.06. The molecule has 2 rings (SSSR count). The van der Waals surface area contributed by atoms with Crippen molar-refractivity contribution in [2.24, 2.45) is 0 Å². The summed E-state index contributed by atoms with van der Waals surface area (Å²) in [7, 11) is 1.65. The van der Waals surface area contributed by atoms with Gasteiger partial charge < -0.3 is 9.84 Å². The van der Waals surface area contributed by atoms with E-state index in [0.717, 1.165) is 26.9 Å². The van der Waals surface area contributed by atoms with E-state index in [2.05, 4.69) is 15.9 Å². The van der Waals surface area contributed by atoms with E-state index in [-0.39, 0.29) is 0 Å². The van der Waals surface area contributed by atoms with Crippen LogP contribution in [0.5, 0.6) is 5.75 Å². The Labute approximate surface area is 128 Å². The van der Waals surface area contributed by atoms with Crippen LogP contribution in [0.3, 0.4) is 0 Å². The Morgan fingerprint density at radius 3 is 2.50 bits per heavy atom. The van der Waals surface area contributed by atoms with Crippen molar-refractivity contribution in [2.75, 3.05) is 7.11 Å². The molecule has 0 saturated heterocycles. The molecular weight excluding hydrogens is 316 g/mol. The first kappa shape index (κ1) is 15.1. The van der Waals surface area contributed by atoms with Gasteiger partial charge in [-0.2, -0.15) is 0 Å². The van der Waals surface area contributed by atoms with Gasteiger partial charge in [-0.3, -0.25) is 0 Å². The van der Waals surface area contributed by atoms with Crippen LogP contribution in [0.1, 0.15) is 28.4 Å². The molecule has 0 fully saturated rings. The molecule has 20 heavy (non-hydrogen) atoms. The second kappa shape index (κ2) is 6.42. The lowest BCUT2D eigenvalue weighted by molar-refractivity contribution is 0.173. The van der Waals surface area contributed by atoms with Crippen molar-refractivity contribution in [3.8, 4) is 5.75 Å². The number of halogens is 1. The molecule has 0 aliphatic rings. The predicted molar refractivity (Wildman–Crippen MR) is 85.3 cm³/mol. The van der Waals surface area contributed by atoms with Crippen molar-refractivity contribution < 1.29 is 9.84 Å². The zero-order valence-electron chi connectivity index (χ0n) is 12.0. The number of methoxy groups -OCH3 is 1. The van der Waals surface area contributed by atoms with E-state index in [4.69, 9.17) is 4.74 Å². The van der Waals surface area contributed by atoms with Gasteiger partial charge in [-0.1, -0.05) is 46.3 Å². The van der Waals surface area contributed by atoms with Gasteiger partial charge in [-0.05, 0) is 36.6 Å². The topological polar surface area (TPSA) is 29.5 Å². The fourth-order valence-corrected chi connectivity index (χ4v) is 2.77. The first-order valence-corrected chi connectivity index (χ1v) is 7.39. The van der Waals surface area contributed by atoms with Crippen molar-refractivity contribution in [1.29, 1.82) is 0 Å². The average molecular weight is 335 g/mol. The third kappa shape index (κ3) is 3.05. The van der Waals surface area contributed by atoms with E-state index >= 15 is 0 Å². The van der Waals surface area contributed by atoms with E-state index in [1.54, 1.807) is 7.11 Å². The lowest BCUT2D eigenvalue weighted by atomic mass is 9.96. The highest BCUT2D eigenvalue weighted by Crippen LogP contribution is 2.33. The summed E-state index contributed by atoms with van der Waals surface area (Å²) in [6, 6.07) is 11.9. The Kier molecular flexibility index (Phi) is 4.84. The molecule has 0 bridgehead atoms. The first-order chi connectivity index (χ1) is 9.54. The van der Waals surface area contributed by atoms with Crippen LogP contribution in [-0.2, 0) is 6.42 Å². The number of ether oxygens (including phenoxy) is 1. The van der Waals surface area contributed by atoms with Gasteiger partial charge in [0.25, 0.3) is 0 Å². The summed E-state index contributed by atoms with van der Waals surface area (Å²) in [5.41, 5.74) is 4.17. The van der Waals surface area contributed by atoms with Crippen molar-refractivity contribution in [3.63, 3.8) is 0 Å².